The molecule has 1 aliphatic heterocycles. The minimum atomic E-state index is -0.150. The van der Waals surface area contributed by atoms with Crippen molar-refractivity contribution in [3.63, 3.8) is 0 Å². The van der Waals surface area contributed by atoms with E-state index in [0.29, 0.717) is 11.3 Å². The molecule has 1 saturated heterocycles. The lowest BCUT2D eigenvalue weighted by molar-refractivity contribution is 0.156. The zero-order chi connectivity index (χ0) is 9.68. The predicted molar refractivity (Wildman–Crippen MR) is 59.2 cm³/mol. The fourth-order valence-electron chi connectivity index (χ4n) is 1.72. The van der Waals surface area contributed by atoms with Crippen molar-refractivity contribution >= 4 is 11.8 Å². The van der Waals surface area contributed by atoms with Gasteiger partial charge in [0.2, 0.25) is 0 Å². The van der Waals surface area contributed by atoms with Crippen LogP contribution >= 0.6 is 11.8 Å². The molecule has 3 heteroatoms. The number of hydrogen-bond acceptors (Lipinski definition) is 3. The molecule has 0 aliphatic carbocycles. The molecule has 2 N–H and O–H groups in total. The Morgan fingerprint density at radius 1 is 1.62 bits per heavy atom. The Kier molecular flexibility index (Phi) is 5.14. The molecule has 1 aliphatic rings. The Morgan fingerprint density at radius 2 is 2.38 bits per heavy atom. The smallest absolute Gasteiger partial charge is 0.0664 e. The summed E-state index contributed by atoms with van der Waals surface area (Å²) in [6.07, 6.45) is 3.09. The first-order valence-corrected chi connectivity index (χ1v) is 6.32. The Bertz CT molecular complexity index is 143. The number of hydrogen-bond donors (Lipinski definition) is 2. The first kappa shape index (κ1) is 11.3. The monoisotopic (exact) mass is 203 g/mol. The molecular weight excluding hydrogens is 182 g/mol. The largest absolute Gasteiger partial charge is 0.392 e. The van der Waals surface area contributed by atoms with Gasteiger partial charge < -0.3 is 10.4 Å². The first-order valence-electron chi connectivity index (χ1n) is 5.27. The molecule has 0 amide bonds. The van der Waals surface area contributed by atoms with Gasteiger partial charge in [-0.25, -0.2) is 0 Å². The highest BCUT2D eigenvalue weighted by molar-refractivity contribution is 8.00. The van der Waals surface area contributed by atoms with Crippen LogP contribution in [-0.4, -0.2) is 34.8 Å². The number of thioether (sulfide) groups is 1. The van der Waals surface area contributed by atoms with Gasteiger partial charge in [-0.3, -0.25) is 0 Å². The number of aliphatic hydroxyl groups excluding tert-OH is 1. The Hall–Kier alpha value is 0.270. The minimum absolute atomic E-state index is 0.150. The summed E-state index contributed by atoms with van der Waals surface area (Å²) < 4.78 is 0. The highest BCUT2D eigenvalue weighted by atomic mass is 32.2. The second kappa shape index (κ2) is 5.89. The Labute approximate surface area is 85.5 Å². The molecule has 78 valence electrons. The van der Waals surface area contributed by atoms with E-state index in [1.165, 1.54) is 12.2 Å². The molecule has 3 unspecified atom stereocenters. The van der Waals surface area contributed by atoms with Crippen LogP contribution in [0, 0.1) is 0 Å². The van der Waals surface area contributed by atoms with Crippen molar-refractivity contribution in [3.05, 3.63) is 0 Å². The third kappa shape index (κ3) is 3.88. The van der Waals surface area contributed by atoms with Gasteiger partial charge in [0.05, 0.1) is 6.10 Å². The molecule has 0 aromatic heterocycles. The van der Waals surface area contributed by atoms with Crippen molar-refractivity contribution in [1.29, 1.82) is 0 Å². The molecule has 0 bridgehead atoms. The topological polar surface area (TPSA) is 32.3 Å². The van der Waals surface area contributed by atoms with E-state index in [1.54, 1.807) is 0 Å². The van der Waals surface area contributed by atoms with E-state index < -0.39 is 0 Å². The van der Waals surface area contributed by atoms with Crippen molar-refractivity contribution in [2.24, 2.45) is 0 Å². The second-order valence-corrected chi connectivity index (χ2v) is 5.31. The second-order valence-electron chi connectivity index (χ2n) is 3.82. The maximum absolute atomic E-state index is 9.53. The van der Waals surface area contributed by atoms with E-state index in [1.807, 2.05) is 11.8 Å². The molecule has 1 rings (SSSR count). The average Bonchev–Trinajstić information content (AvgIpc) is 2.48. The maximum Gasteiger partial charge on any atom is 0.0664 e. The molecule has 3 atom stereocenters. The van der Waals surface area contributed by atoms with Gasteiger partial charge in [-0.2, -0.15) is 11.8 Å². The Balaban J connectivity index is 2.10. The SMILES string of the molecule is CCCC(O)CNC1CCSC1C. The van der Waals surface area contributed by atoms with Gasteiger partial charge in [-0.1, -0.05) is 20.3 Å². The zero-order valence-corrected chi connectivity index (χ0v) is 9.44. The van der Waals surface area contributed by atoms with Crippen LogP contribution in [-0.2, 0) is 0 Å². The van der Waals surface area contributed by atoms with Gasteiger partial charge in [-0.15, -0.1) is 0 Å². The summed E-state index contributed by atoms with van der Waals surface area (Å²) in [5.41, 5.74) is 0. The third-order valence-electron chi connectivity index (χ3n) is 2.61. The first-order chi connectivity index (χ1) is 6.24. The summed E-state index contributed by atoms with van der Waals surface area (Å²) in [4.78, 5) is 0. The van der Waals surface area contributed by atoms with Gasteiger partial charge >= 0.3 is 0 Å². The van der Waals surface area contributed by atoms with Gasteiger partial charge in [0.1, 0.15) is 0 Å². The molecule has 0 aromatic carbocycles. The standard InChI is InChI=1S/C10H21NOS/c1-3-4-9(12)7-11-10-5-6-13-8(10)2/h8-12H,3-7H2,1-2H3. The average molecular weight is 203 g/mol. The van der Waals surface area contributed by atoms with Crippen LogP contribution in [0.4, 0.5) is 0 Å². The van der Waals surface area contributed by atoms with Crippen LogP contribution in [0.5, 0.6) is 0 Å². The predicted octanol–water partition coefficient (Wildman–Crippen LogP) is 1.63. The van der Waals surface area contributed by atoms with E-state index in [4.69, 9.17) is 0 Å². The van der Waals surface area contributed by atoms with E-state index in [2.05, 4.69) is 19.2 Å². The fraction of sp³-hybridized carbons (Fsp3) is 1.00. The van der Waals surface area contributed by atoms with Crippen LogP contribution in [0.25, 0.3) is 0 Å². The highest BCUT2D eigenvalue weighted by Gasteiger charge is 2.23. The van der Waals surface area contributed by atoms with Crippen LogP contribution < -0.4 is 5.32 Å². The van der Waals surface area contributed by atoms with Crippen LogP contribution in [0.1, 0.15) is 33.1 Å². The summed E-state index contributed by atoms with van der Waals surface area (Å²) in [6.45, 7) is 5.14. The molecular formula is C10H21NOS. The van der Waals surface area contributed by atoms with Crippen LogP contribution in [0.2, 0.25) is 0 Å². The third-order valence-corrected chi connectivity index (χ3v) is 3.94. The minimum Gasteiger partial charge on any atom is -0.392 e. The lowest BCUT2D eigenvalue weighted by Crippen LogP contribution is -2.38. The maximum atomic E-state index is 9.53. The quantitative estimate of drug-likeness (QED) is 0.712. The molecule has 1 heterocycles. The fourth-order valence-corrected chi connectivity index (χ4v) is 2.95. The molecule has 13 heavy (non-hydrogen) atoms. The van der Waals surface area contributed by atoms with Gasteiger partial charge in [0.15, 0.2) is 0 Å². The number of nitrogens with one attached hydrogen (secondary N) is 1. The highest BCUT2D eigenvalue weighted by Crippen LogP contribution is 2.25. The van der Waals surface area contributed by atoms with Gasteiger partial charge in [-0.05, 0) is 18.6 Å². The van der Waals surface area contributed by atoms with Crippen molar-refractivity contribution in [3.8, 4) is 0 Å². The number of rotatable bonds is 5. The number of aliphatic hydroxyl groups is 1. The Morgan fingerprint density at radius 3 is 2.92 bits per heavy atom. The van der Waals surface area contributed by atoms with Crippen LogP contribution in [0.15, 0.2) is 0 Å². The molecule has 0 aromatic rings. The van der Waals surface area contributed by atoms with Gasteiger partial charge in [0.25, 0.3) is 0 Å². The summed E-state index contributed by atoms with van der Waals surface area (Å²) in [6, 6.07) is 0.622. The lowest BCUT2D eigenvalue weighted by Gasteiger charge is -2.18. The summed E-state index contributed by atoms with van der Waals surface area (Å²) >= 11 is 2.03. The van der Waals surface area contributed by atoms with E-state index >= 15 is 0 Å². The molecule has 0 saturated carbocycles. The molecule has 1 fully saturated rings. The van der Waals surface area contributed by atoms with E-state index in [0.717, 1.165) is 19.4 Å². The van der Waals surface area contributed by atoms with Crippen molar-refractivity contribution < 1.29 is 5.11 Å². The zero-order valence-electron chi connectivity index (χ0n) is 8.62. The summed E-state index contributed by atoms with van der Waals surface area (Å²) in [5.74, 6) is 1.27. The summed E-state index contributed by atoms with van der Waals surface area (Å²) in [5, 5.41) is 13.7. The molecule has 2 nitrogen and oxygen atoms in total. The van der Waals surface area contributed by atoms with Crippen LogP contribution in [0.3, 0.4) is 0 Å². The van der Waals surface area contributed by atoms with Gasteiger partial charge in [0, 0.05) is 17.8 Å². The molecule has 0 spiro atoms. The lowest BCUT2D eigenvalue weighted by atomic mass is 10.1. The van der Waals surface area contributed by atoms with Crippen molar-refractivity contribution in [2.75, 3.05) is 12.3 Å². The molecule has 0 radical (unpaired) electrons. The van der Waals surface area contributed by atoms with E-state index in [-0.39, 0.29) is 6.10 Å². The normalized spacial score (nSPS) is 30.7. The summed E-state index contributed by atoms with van der Waals surface area (Å²) in [7, 11) is 0. The van der Waals surface area contributed by atoms with Crippen molar-refractivity contribution in [1.82, 2.24) is 5.32 Å². The van der Waals surface area contributed by atoms with E-state index in [9.17, 15) is 5.11 Å². The van der Waals surface area contributed by atoms with Crippen molar-refractivity contribution in [2.45, 2.75) is 50.5 Å².